The van der Waals surface area contributed by atoms with E-state index >= 15 is 0 Å². The van der Waals surface area contributed by atoms with E-state index in [1.807, 2.05) is 12.1 Å². The molecule has 2 atom stereocenters. The molecule has 0 amide bonds. The van der Waals surface area contributed by atoms with E-state index in [1.54, 1.807) is 6.08 Å². The van der Waals surface area contributed by atoms with Crippen LogP contribution in [-0.4, -0.2) is 11.6 Å². The maximum atomic E-state index is 12.9. The van der Waals surface area contributed by atoms with Crippen LogP contribution < -0.4 is 0 Å². The van der Waals surface area contributed by atoms with Gasteiger partial charge in [-0.1, -0.05) is 49.3 Å². The lowest BCUT2D eigenvalue weighted by Crippen LogP contribution is -2.36. The van der Waals surface area contributed by atoms with Gasteiger partial charge in [0.1, 0.15) is 0 Å². The number of carbonyl (C=O) groups is 2. The van der Waals surface area contributed by atoms with Crippen LogP contribution in [0.4, 0.5) is 0 Å². The van der Waals surface area contributed by atoms with Gasteiger partial charge in [0.05, 0.1) is 0 Å². The molecule has 0 unspecified atom stereocenters. The first kappa shape index (κ1) is 15.9. The normalized spacial score (nSPS) is 24.8. The topological polar surface area (TPSA) is 34.1 Å². The van der Waals surface area contributed by atoms with Crippen LogP contribution in [-0.2, 0) is 9.59 Å². The molecule has 1 aromatic rings. The SMILES string of the molecule is CC1=C(C)C[C@@H]2C(=O)C(c3ccc(C(C)C)cc3)=CC(=O)[C@H]2C1. The maximum Gasteiger partial charge on any atom is 0.167 e. The molecule has 2 nitrogen and oxygen atoms in total. The lowest BCUT2D eigenvalue weighted by atomic mass is 9.67. The number of hydrogen-bond acceptors (Lipinski definition) is 2. The number of Topliss-reactive ketones (excluding diaryl/α,β-unsaturated/α-hetero) is 1. The third kappa shape index (κ3) is 2.83. The molecule has 3 rings (SSSR count). The van der Waals surface area contributed by atoms with Crippen LogP contribution in [0, 0.1) is 11.8 Å². The van der Waals surface area contributed by atoms with Crippen molar-refractivity contribution in [2.75, 3.05) is 0 Å². The Balaban J connectivity index is 1.94. The second-order valence-corrected chi connectivity index (χ2v) is 7.28. The molecule has 0 N–H and O–H groups in total. The number of fused-ring (bicyclic) bond motifs is 1. The second kappa shape index (κ2) is 5.92. The standard InChI is InChI=1S/C21H24O2/c1-12(2)15-5-7-16(8-6-15)17-11-20(22)18-9-13(3)14(4)10-19(18)21(17)23/h5-8,11-12,18-19H,9-10H2,1-4H3/t18-,19-/m0/s1. The Bertz CT molecular complexity index is 717. The van der Waals surface area contributed by atoms with Gasteiger partial charge >= 0.3 is 0 Å². The van der Waals surface area contributed by atoms with Gasteiger partial charge < -0.3 is 0 Å². The van der Waals surface area contributed by atoms with Crippen molar-refractivity contribution in [1.29, 1.82) is 0 Å². The van der Waals surface area contributed by atoms with Crippen LogP contribution in [0.5, 0.6) is 0 Å². The van der Waals surface area contributed by atoms with E-state index in [0.717, 1.165) is 18.4 Å². The van der Waals surface area contributed by atoms with E-state index in [2.05, 4.69) is 39.8 Å². The summed E-state index contributed by atoms with van der Waals surface area (Å²) in [6, 6.07) is 8.06. The molecule has 1 aromatic carbocycles. The number of allylic oxidation sites excluding steroid dienone is 4. The van der Waals surface area contributed by atoms with Crippen LogP contribution >= 0.6 is 0 Å². The molecule has 0 bridgehead atoms. The van der Waals surface area contributed by atoms with E-state index in [1.165, 1.54) is 16.7 Å². The first-order chi connectivity index (χ1) is 10.9. The molecule has 0 radical (unpaired) electrons. The van der Waals surface area contributed by atoms with Gasteiger partial charge in [-0.25, -0.2) is 0 Å². The third-order valence-corrected chi connectivity index (χ3v) is 5.41. The summed E-state index contributed by atoms with van der Waals surface area (Å²) >= 11 is 0. The molecule has 2 aliphatic rings. The summed E-state index contributed by atoms with van der Waals surface area (Å²) in [5.74, 6) is 0.393. The van der Waals surface area contributed by atoms with Crippen molar-refractivity contribution in [1.82, 2.24) is 0 Å². The fourth-order valence-electron chi connectivity index (χ4n) is 3.66. The summed E-state index contributed by atoms with van der Waals surface area (Å²) in [7, 11) is 0. The second-order valence-electron chi connectivity index (χ2n) is 7.28. The number of rotatable bonds is 2. The lowest BCUT2D eigenvalue weighted by molar-refractivity contribution is -0.128. The predicted molar refractivity (Wildman–Crippen MR) is 93.1 cm³/mol. The fourth-order valence-corrected chi connectivity index (χ4v) is 3.66. The van der Waals surface area contributed by atoms with Gasteiger partial charge in [-0.2, -0.15) is 0 Å². The van der Waals surface area contributed by atoms with Crippen LogP contribution in [0.25, 0.3) is 5.57 Å². The first-order valence-electron chi connectivity index (χ1n) is 8.43. The van der Waals surface area contributed by atoms with Crippen LogP contribution in [0.1, 0.15) is 57.6 Å². The molecule has 2 aliphatic carbocycles. The minimum Gasteiger partial charge on any atom is -0.294 e. The highest BCUT2D eigenvalue weighted by molar-refractivity contribution is 6.29. The Morgan fingerprint density at radius 3 is 2.04 bits per heavy atom. The van der Waals surface area contributed by atoms with Gasteiger partial charge in [-0.05, 0) is 49.8 Å². The van der Waals surface area contributed by atoms with Crippen molar-refractivity contribution in [3.8, 4) is 0 Å². The van der Waals surface area contributed by atoms with Gasteiger partial charge in [0.2, 0.25) is 0 Å². The van der Waals surface area contributed by atoms with Gasteiger partial charge in [0.15, 0.2) is 11.6 Å². The molecule has 120 valence electrons. The molecular formula is C21H24O2. The third-order valence-electron chi connectivity index (χ3n) is 5.41. The van der Waals surface area contributed by atoms with E-state index in [0.29, 0.717) is 11.5 Å². The van der Waals surface area contributed by atoms with Crippen molar-refractivity contribution < 1.29 is 9.59 Å². The molecule has 0 aliphatic heterocycles. The maximum absolute atomic E-state index is 12.9. The highest BCUT2D eigenvalue weighted by Gasteiger charge is 2.41. The zero-order valence-corrected chi connectivity index (χ0v) is 14.3. The van der Waals surface area contributed by atoms with Gasteiger partial charge in [0.25, 0.3) is 0 Å². The fraction of sp³-hybridized carbons (Fsp3) is 0.429. The van der Waals surface area contributed by atoms with Crippen molar-refractivity contribution in [2.45, 2.75) is 46.5 Å². The van der Waals surface area contributed by atoms with Crippen LogP contribution in [0.3, 0.4) is 0 Å². The van der Waals surface area contributed by atoms with Crippen LogP contribution in [0.15, 0.2) is 41.5 Å². The largest absolute Gasteiger partial charge is 0.294 e. The molecule has 0 aromatic heterocycles. The summed E-state index contributed by atoms with van der Waals surface area (Å²) < 4.78 is 0. The quantitative estimate of drug-likeness (QED) is 0.742. The Morgan fingerprint density at radius 2 is 1.48 bits per heavy atom. The van der Waals surface area contributed by atoms with Crippen molar-refractivity contribution in [3.63, 3.8) is 0 Å². The summed E-state index contributed by atoms with van der Waals surface area (Å²) in [6.07, 6.45) is 3.04. The Hall–Kier alpha value is -1.96. The zero-order chi connectivity index (χ0) is 16.7. The van der Waals surface area contributed by atoms with Crippen LogP contribution in [0.2, 0.25) is 0 Å². The first-order valence-corrected chi connectivity index (χ1v) is 8.43. The van der Waals surface area contributed by atoms with Gasteiger partial charge in [-0.15, -0.1) is 0 Å². The molecule has 0 spiro atoms. The highest BCUT2D eigenvalue weighted by atomic mass is 16.1. The summed E-state index contributed by atoms with van der Waals surface area (Å²) in [6.45, 7) is 8.45. The van der Waals surface area contributed by atoms with Crippen molar-refractivity contribution in [3.05, 3.63) is 52.6 Å². The molecule has 0 fully saturated rings. The average molecular weight is 308 g/mol. The molecule has 23 heavy (non-hydrogen) atoms. The van der Waals surface area contributed by atoms with E-state index in [-0.39, 0.29) is 23.4 Å². The van der Waals surface area contributed by atoms with E-state index in [4.69, 9.17) is 0 Å². The zero-order valence-electron chi connectivity index (χ0n) is 14.3. The number of carbonyl (C=O) groups excluding carboxylic acids is 2. The summed E-state index contributed by atoms with van der Waals surface area (Å²) in [4.78, 5) is 25.5. The summed E-state index contributed by atoms with van der Waals surface area (Å²) in [5.41, 5.74) is 5.25. The van der Waals surface area contributed by atoms with Crippen molar-refractivity contribution in [2.24, 2.45) is 11.8 Å². The smallest absolute Gasteiger partial charge is 0.167 e. The minimum atomic E-state index is -0.170. The van der Waals surface area contributed by atoms with Crippen molar-refractivity contribution >= 4 is 17.1 Å². The number of ketones is 2. The number of hydrogen-bond donors (Lipinski definition) is 0. The van der Waals surface area contributed by atoms with E-state index in [9.17, 15) is 9.59 Å². The Kier molecular flexibility index (Phi) is 4.09. The molecular weight excluding hydrogens is 284 g/mol. The predicted octanol–water partition coefficient (Wildman–Crippen LogP) is 4.71. The number of benzene rings is 1. The van der Waals surface area contributed by atoms with Gasteiger partial charge in [0, 0.05) is 17.4 Å². The Morgan fingerprint density at radius 1 is 0.913 bits per heavy atom. The Labute approximate surface area is 138 Å². The summed E-state index contributed by atoms with van der Waals surface area (Å²) in [5, 5.41) is 0. The average Bonchev–Trinajstić information content (AvgIpc) is 2.53. The highest BCUT2D eigenvalue weighted by Crippen LogP contribution is 2.41. The molecule has 0 saturated heterocycles. The monoisotopic (exact) mass is 308 g/mol. The molecule has 0 heterocycles. The lowest BCUT2D eigenvalue weighted by Gasteiger charge is -2.34. The molecule has 2 heteroatoms. The minimum absolute atomic E-state index is 0.115. The van der Waals surface area contributed by atoms with E-state index < -0.39 is 0 Å². The van der Waals surface area contributed by atoms with Gasteiger partial charge in [-0.3, -0.25) is 9.59 Å². The molecule has 0 saturated carbocycles.